The van der Waals surface area contributed by atoms with Crippen molar-refractivity contribution in [1.29, 1.82) is 0 Å². The number of carbonyl (C=O) groups excluding carboxylic acids is 1. The smallest absolute Gasteiger partial charge is 0.234 e. The summed E-state index contributed by atoms with van der Waals surface area (Å²) in [5.74, 6) is 2.15. The number of nitrogens with one attached hydrogen (secondary N) is 2. The SMILES string of the molecule is COc1cccc(Nc2nnc(SCC(=O)Nc3ccc4c(c3)OCO4)s2)c1. The van der Waals surface area contributed by atoms with E-state index in [1.54, 1.807) is 25.3 Å². The van der Waals surface area contributed by atoms with Crippen molar-refractivity contribution in [2.75, 3.05) is 30.3 Å². The fourth-order valence-electron chi connectivity index (χ4n) is 2.44. The van der Waals surface area contributed by atoms with Crippen LogP contribution in [0.4, 0.5) is 16.5 Å². The van der Waals surface area contributed by atoms with Gasteiger partial charge in [-0.2, -0.15) is 0 Å². The molecule has 2 heterocycles. The molecule has 0 atom stereocenters. The number of aromatic nitrogens is 2. The van der Waals surface area contributed by atoms with Crippen molar-refractivity contribution in [1.82, 2.24) is 10.2 Å². The first kappa shape index (κ1) is 18.4. The quantitative estimate of drug-likeness (QED) is 0.563. The van der Waals surface area contributed by atoms with Gasteiger partial charge < -0.3 is 24.8 Å². The van der Waals surface area contributed by atoms with Gasteiger partial charge in [-0.15, -0.1) is 10.2 Å². The summed E-state index contributed by atoms with van der Waals surface area (Å²) in [6.07, 6.45) is 0. The second-order valence-electron chi connectivity index (χ2n) is 5.63. The summed E-state index contributed by atoms with van der Waals surface area (Å²) in [7, 11) is 1.62. The molecular weight excluding hydrogens is 400 g/mol. The lowest BCUT2D eigenvalue weighted by molar-refractivity contribution is -0.113. The maximum atomic E-state index is 12.2. The molecule has 0 radical (unpaired) electrons. The lowest BCUT2D eigenvalue weighted by Crippen LogP contribution is -2.13. The summed E-state index contributed by atoms with van der Waals surface area (Å²) >= 11 is 2.70. The number of benzene rings is 2. The average molecular weight is 416 g/mol. The third kappa shape index (κ3) is 4.46. The van der Waals surface area contributed by atoms with Gasteiger partial charge in [0.1, 0.15) is 5.75 Å². The second kappa shape index (κ2) is 8.36. The van der Waals surface area contributed by atoms with Crippen LogP contribution in [-0.2, 0) is 4.79 Å². The van der Waals surface area contributed by atoms with Crippen LogP contribution in [0, 0.1) is 0 Å². The molecule has 1 aliphatic heterocycles. The number of ether oxygens (including phenoxy) is 3. The fourth-order valence-corrected chi connectivity index (χ4v) is 4.01. The summed E-state index contributed by atoms with van der Waals surface area (Å²) in [6.45, 7) is 0.200. The highest BCUT2D eigenvalue weighted by Gasteiger charge is 2.14. The van der Waals surface area contributed by atoms with Gasteiger partial charge in [-0.05, 0) is 24.3 Å². The number of carbonyl (C=O) groups is 1. The molecule has 0 aliphatic carbocycles. The minimum Gasteiger partial charge on any atom is -0.497 e. The van der Waals surface area contributed by atoms with Gasteiger partial charge >= 0.3 is 0 Å². The molecule has 1 aromatic heterocycles. The molecule has 3 aromatic rings. The minimum absolute atomic E-state index is 0.138. The largest absolute Gasteiger partial charge is 0.497 e. The number of amides is 1. The number of anilines is 3. The number of hydrogen-bond acceptors (Lipinski definition) is 9. The molecule has 1 aliphatic rings. The number of fused-ring (bicyclic) bond motifs is 1. The van der Waals surface area contributed by atoms with E-state index < -0.39 is 0 Å². The molecule has 0 saturated carbocycles. The van der Waals surface area contributed by atoms with E-state index in [-0.39, 0.29) is 18.5 Å². The Labute approximate surface area is 169 Å². The normalized spacial score (nSPS) is 11.9. The van der Waals surface area contributed by atoms with E-state index in [4.69, 9.17) is 14.2 Å². The van der Waals surface area contributed by atoms with Crippen LogP contribution in [0.3, 0.4) is 0 Å². The van der Waals surface area contributed by atoms with Crippen molar-refractivity contribution in [3.05, 3.63) is 42.5 Å². The van der Waals surface area contributed by atoms with Crippen molar-refractivity contribution in [2.45, 2.75) is 4.34 Å². The summed E-state index contributed by atoms with van der Waals surface area (Å²) < 4.78 is 16.5. The zero-order valence-corrected chi connectivity index (χ0v) is 16.4. The number of thioether (sulfide) groups is 1. The third-order valence-corrected chi connectivity index (χ3v) is 5.68. The molecule has 10 heteroatoms. The summed E-state index contributed by atoms with van der Waals surface area (Å²) in [4.78, 5) is 12.2. The summed E-state index contributed by atoms with van der Waals surface area (Å²) in [6, 6.07) is 12.8. The highest BCUT2D eigenvalue weighted by atomic mass is 32.2. The molecule has 1 amide bonds. The Morgan fingerprint density at radius 3 is 2.96 bits per heavy atom. The number of rotatable bonds is 7. The average Bonchev–Trinajstić information content (AvgIpc) is 3.35. The Bertz CT molecular complexity index is 995. The van der Waals surface area contributed by atoms with Crippen LogP contribution >= 0.6 is 23.1 Å². The molecule has 0 spiro atoms. The molecule has 0 fully saturated rings. The van der Waals surface area contributed by atoms with Crippen molar-refractivity contribution >= 4 is 45.5 Å². The molecular formula is C18H16N4O4S2. The Balaban J connectivity index is 1.29. The second-order valence-corrected chi connectivity index (χ2v) is 7.83. The first-order chi connectivity index (χ1) is 13.7. The van der Waals surface area contributed by atoms with Crippen molar-refractivity contribution < 1.29 is 19.0 Å². The topological polar surface area (TPSA) is 94.6 Å². The predicted octanol–water partition coefficient (Wildman–Crippen LogP) is 3.75. The first-order valence-electron chi connectivity index (χ1n) is 8.26. The fraction of sp³-hybridized carbons (Fsp3) is 0.167. The minimum atomic E-state index is -0.138. The zero-order valence-electron chi connectivity index (χ0n) is 14.8. The predicted molar refractivity (Wildman–Crippen MR) is 108 cm³/mol. The molecule has 4 rings (SSSR count). The van der Waals surface area contributed by atoms with Crippen molar-refractivity contribution in [3.8, 4) is 17.2 Å². The van der Waals surface area contributed by atoms with Gasteiger partial charge in [0.05, 0.1) is 12.9 Å². The van der Waals surface area contributed by atoms with Gasteiger partial charge in [0.2, 0.25) is 17.8 Å². The molecule has 144 valence electrons. The van der Waals surface area contributed by atoms with Crippen LogP contribution < -0.4 is 24.8 Å². The van der Waals surface area contributed by atoms with Crippen molar-refractivity contribution in [2.24, 2.45) is 0 Å². The number of nitrogens with zero attached hydrogens (tertiary/aromatic N) is 2. The van der Waals surface area contributed by atoms with Gasteiger partial charge in [-0.1, -0.05) is 29.2 Å². The van der Waals surface area contributed by atoms with E-state index in [1.807, 2.05) is 24.3 Å². The Morgan fingerprint density at radius 2 is 2.07 bits per heavy atom. The highest BCUT2D eigenvalue weighted by molar-refractivity contribution is 8.01. The van der Waals surface area contributed by atoms with E-state index in [0.29, 0.717) is 26.7 Å². The number of hydrogen-bond donors (Lipinski definition) is 2. The standard InChI is InChI=1S/C18H16N4O4S2/c1-24-13-4-2-3-11(7-13)20-17-21-22-18(28-17)27-9-16(23)19-12-5-6-14-15(8-12)26-10-25-14/h2-8H,9-10H2,1H3,(H,19,23)(H,20,21). The van der Waals surface area contributed by atoms with Crippen LogP contribution in [0.15, 0.2) is 46.8 Å². The number of methoxy groups -OCH3 is 1. The maximum absolute atomic E-state index is 12.2. The molecule has 28 heavy (non-hydrogen) atoms. The maximum Gasteiger partial charge on any atom is 0.234 e. The molecule has 8 nitrogen and oxygen atoms in total. The molecule has 0 saturated heterocycles. The lowest BCUT2D eigenvalue weighted by Gasteiger charge is -2.05. The molecule has 0 bridgehead atoms. The highest BCUT2D eigenvalue weighted by Crippen LogP contribution is 2.34. The van der Waals surface area contributed by atoms with E-state index in [0.717, 1.165) is 11.4 Å². The van der Waals surface area contributed by atoms with E-state index in [1.165, 1.54) is 23.1 Å². The van der Waals surface area contributed by atoms with Gasteiger partial charge in [0.15, 0.2) is 15.8 Å². The van der Waals surface area contributed by atoms with Gasteiger partial charge in [-0.25, -0.2) is 0 Å². The Morgan fingerprint density at radius 1 is 1.18 bits per heavy atom. The van der Waals surface area contributed by atoms with E-state index >= 15 is 0 Å². The lowest BCUT2D eigenvalue weighted by atomic mass is 10.3. The van der Waals surface area contributed by atoms with E-state index in [9.17, 15) is 4.79 Å². The van der Waals surface area contributed by atoms with Gasteiger partial charge in [0, 0.05) is 23.5 Å². The van der Waals surface area contributed by atoms with Crippen LogP contribution in [0.25, 0.3) is 0 Å². The van der Waals surface area contributed by atoms with Crippen molar-refractivity contribution in [3.63, 3.8) is 0 Å². The van der Waals surface area contributed by atoms with Crippen LogP contribution in [0.1, 0.15) is 0 Å². The summed E-state index contributed by atoms with van der Waals surface area (Å²) in [5.41, 5.74) is 1.51. The Kier molecular flexibility index (Phi) is 5.49. The van der Waals surface area contributed by atoms with Crippen LogP contribution in [0.2, 0.25) is 0 Å². The monoisotopic (exact) mass is 416 g/mol. The van der Waals surface area contributed by atoms with Crippen LogP contribution in [0.5, 0.6) is 17.2 Å². The molecule has 0 unspecified atom stereocenters. The van der Waals surface area contributed by atoms with Gasteiger partial charge in [0.25, 0.3) is 0 Å². The summed E-state index contributed by atoms with van der Waals surface area (Å²) in [5, 5.41) is 14.9. The third-order valence-electron chi connectivity index (χ3n) is 3.71. The van der Waals surface area contributed by atoms with Crippen LogP contribution in [-0.4, -0.2) is 35.8 Å². The van der Waals surface area contributed by atoms with Gasteiger partial charge in [-0.3, -0.25) is 4.79 Å². The zero-order chi connectivity index (χ0) is 19.3. The Hall–Kier alpha value is -2.98. The molecule has 2 N–H and O–H groups in total. The first-order valence-corrected chi connectivity index (χ1v) is 10.1. The molecule has 2 aromatic carbocycles. The van der Waals surface area contributed by atoms with E-state index in [2.05, 4.69) is 20.8 Å².